The van der Waals surface area contributed by atoms with Gasteiger partial charge in [0.2, 0.25) is 5.88 Å². The number of benzene rings is 1. The van der Waals surface area contributed by atoms with Crippen LogP contribution in [-0.4, -0.2) is 16.1 Å². The molecule has 21 heavy (non-hydrogen) atoms. The predicted octanol–water partition coefficient (Wildman–Crippen LogP) is 4.31. The van der Waals surface area contributed by atoms with Gasteiger partial charge in [-0.1, -0.05) is 19.9 Å². The van der Waals surface area contributed by atoms with E-state index in [0.717, 1.165) is 11.1 Å². The fraction of sp³-hybridized carbons (Fsp3) is 0.294. The molecule has 2 aromatic rings. The zero-order valence-electron chi connectivity index (χ0n) is 12.7. The highest BCUT2D eigenvalue weighted by atomic mass is 16.5. The summed E-state index contributed by atoms with van der Waals surface area (Å²) in [6.07, 6.45) is 0. The number of hydrogen-bond acceptors (Lipinski definition) is 3. The molecule has 0 saturated carbocycles. The van der Waals surface area contributed by atoms with Crippen molar-refractivity contribution < 1.29 is 14.6 Å². The normalized spacial score (nSPS) is 10.7. The fourth-order valence-corrected chi connectivity index (χ4v) is 2.11. The van der Waals surface area contributed by atoms with Gasteiger partial charge in [-0.25, -0.2) is 9.78 Å². The van der Waals surface area contributed by atoms with Crippen LogP contribution in [0.5, 0.6) is 11.6 Å². The van der Waals surface area contributed by atoms with E-state index in [9.17, 15) is 9.90 Å². The van der Waals surface area contributed by atoms with Crippen LogP contribution in [0.1, 0.15) is 46.9 Å². The average molecular weight is 285 g/mol. The molecule has 1 aromatic carbocycles. The number of aromatic carboxylic acids is 1. The maximum atomic E-state index is 11.2. The van der Waals surface area contributed by atoms with Crippen LogP contribution in [-0.2, 0) is 0 Å². The summed E-state index contributed by atoms with van der Waals surface area (Å²) in [5, 5.41) is 9.19. The van der Waals surface area contributed by atoms with Gasteiger partial charge in [-0.05, 0) is 49.1 Å². The second-order valence-electron chi connectivity index (χ2n) is 5.50. The highest BCUT2D eigenvalue weighted by Gasteiger charge is 2.12. The van der Waals surface area contributed by atoms with E-state index in [-0.39, 0.29) is 11.5 Å². The molecule has 0 aliphatic heterocycles. The summed E-state index contributed by atoms with van der Waals surface area (Å²) in [4.78, 5) is 15.6. The minimum absolute atomic E-state index is 0.130. The summed E-state index contributed by atoms with van der Waals surface area (Å²) >= 11 is 0. The van der Waals surface area contributed by atoms with Crippen LogP contribution in [0.15, 0.2) is 30.3 Å². The fourth-order valence-electron chi connectivity index (χ4n) is 2.11. The first-order chi connectivity index (χ1) is 9.85. The molecule has 1 aromatic heterocycles. The van der Waals surface area contributed by atoms with Crippen LogP contribution in [0, 0.1) is 13.8 Å². The van der Waals surface area contributed by atoms with Crippen molar-refractivity contribution in [3.63, 3.8) is 0 Å². The van der Waals surface area contributed by atoms with Gasteiger partial charge in [0.1, 0.15) is 5.75 Å². The van der Waals surface area contributed by atoms with Gasteiger partial charge in [0.15, 0.2) is 0 Å². The summed E-state index contributed by atoms with van der Waals surface area (Å²) in [5.41, 5.74) is 3.06. The zero-order valence-corrected chi connectivity index (χ0v) is 12.7. The van der Waals surface area contributed by atoms with Gasteiger partial charge < -0.3 is 9.84 Å². The predicted molar refractivity (Wildman–Crippen MR) is 81.3 cm³/mol. The van der Waals surface area contributed by atoms with E-state index in [1.165, 1.54) is 6.07 Å². The molecular formula is C17H19NO3. The first-order valence-electron chi connectivity index (χ1n) is 6.86. The van der Waals surface area contributed by atoms with Crippen molar-refractivity contribution in [1.82, 2.24) is 4.98 Å². The molecule has 0 aliphatic rings. The van der Waals surface area contributed by atoms with Crippen molar-refractivity contribution >= 4 is 5.97 Å². The van der Waals surface area contributed by atoms with Crippen LogP contribution >= 0.6 is 0 Å². The number of pyridine rings is 1. The molecule has 0 amide bonds. The molecule has 1 N–H and O–H groups in total. The number of carboxylic acid groups (broad SMARTS) is 1. The largest absolute Gasteiger partial charge is 0.478 e. The topological polar surface area (TPSA) is 59.4 Å². The van der Waals surface area contributed by atoms with Gasteiger partial charge in [0, 0.05) is 11.8 Å². The maximum absolute atomic E-state index is 11.2. The Morgan fingerprint density at radius 1 is 1.10 bits per heavy atom. The number of hydrogen-bond donors (Lipinski definition) is 1. The summed E-state index contributed by atoms with van der Waals surface area (Å²) in [7, 11) is 0. The average Bonchev–Trinajstić information content (AvgIpc) is 2.36. The van der Waals surface area contributed by atoms with E-state index in [1.54, 1.807) is 6.07 Å². The van der Waals surface area contributed by atoms with Crippen LogP contribution in [0.4, 0.5) is 0 Å². The molecule has 0 unspecified atom stereocenters. The van der Waals surface area contributed by atoms with E-state index in [1.807, 2.05) is 45.9 Å². The van der Waals surface area contributed by atoms with Crippen LogP contribution in [0.3, 0.4) is 0 Å². The molecule has 0 saturated heterocycles. The van der Waals surface area contributed by atoms with Crippen molar-refractivity contribution in [1.29, 1.82) is 0 Å². The molecule has 4 heteroatoms. The van der Waals surface area contributed by atoms with E-state index < -0.39 is 5.97 Å². The Morgan fingerprint density at radius 2 is 1.71 bits per heavy atom. The van der Waals surface area contributed by atoms with E-state index >= 15 is 0 Å². The first kappa shape index (κ1) is 15.0. The maximum Gasteiger partial charge on any atom is 0.335 e. The zero-order chi connectivity index (χ0) is 15.6. The summed E-state index contributed by atoms with van der Waals surface area (Å²) < 4.78 is 5.75. The summed E-state index contributed by atoms with van der Waals surface area (Å²) in [6.45, 7) is 7.91. The van der Waals surface area contributed by atoms with Gasteiger partial charge in [-0.3, -0.25) is 0 Å². The third-order valence-corrected chi connectivity index (χ3v) is 3.08. The minimum atomic E-state index is -0.982. The third-order valence-electron chi connectivity index (χ3n) is 3.08. The molecule has 4 nitrogen and oxygen atoms in total. The summed E-state index contributed by atoms with van der Waals surface area (Å²) in [6, 6.07) is 8.88. The third kappa shape index (κ3) is 3.81. The lowest BCUT2D eigenvalue weighted by Gasteiger charge is -2.11. The number of ether oxygens (including phenoxy) is 1. The molecule has 0 radical (unpaired) electrons. The Bertz CT molecular complexity index is 657. The van der Waals surface area contributed by atoms with Gasteiger partial charge >= 0.3 is 5.97 Å². The van der Waals surface area contributed by atoms with E-state index in [2.05, 4.69) is 4.98 Å². The number of aromatic nitrogens is 1. The lowest BCUT2D eigenvalue weighted by molar-refractivity contribution is 0.0696. The SMILES string of the molecule is Cc1cc(C)cc(Oc2cc(C(=O)O)cc(C(C)C)n2)c1. The molecule has 2 rings (SSSR count). The molecule has 0 bridgehead atoms. The van der Waals surface area contributed by atoms with Gasteiger partial charge in [-0.2, -0.15) is 0 Å². The highest BCUT2D eigenvalue weighted by molar-refractivity contribution is 5.88. The Labute approximate surface area is 124 Å². The monoisotopic (exact) mass is 285 g/mol. The standard InChI is InChI=1S/C17H19NO3/c1-10(2)15-8-13(17(19)20)9-16(18-15)21-14-6-11(3)5-12(4)7-14/h5-10H,1-4H3,(H,19,20). The van der Waals surface area contributed by atoms with E-state index in [4.69, 9.17) is 4.74 Å². The molecule has 110 valence electrons. The first-order valence-corrected chi connectivity index (χ1v) is 6.86. The van der Waals surface area contributed by atoms with Crippen LogP contribution < -0.4 is 4.74 Å². The van der Waals surface area contributed by atoms with E-state index in [0.29, 0.717) is 17.3 Å². The van der Waals surface area contributed by atoms with Crippen molar-refractivity contribution in [2.45, 2.75) is 33.6 Å². The number of aryl methyl sites for hydroxylation is 2. The highest BCUT2D eigenvalue weighted by Crippen LogP contribution is 2.25. The van der Waals surface area contributed by atoms with Gasteiger partial charge in [-0.15, -0.1) is 0 Å². The molecule has 0 spiro atoms. The lowest BCUT2D eigenvalue weighted by Crippen LogP contribution is -2.03. The Kier molecular flexibility index (Phi) is 4.26. The van der Waals surface area contributed by atoms with Crippen LogP contribution in [0.25, 0.3) is 0 Å². The Morgan fingerprint density at radius 3 is 2.24 bits per heavy atom. The summed E-state index contributed by atoms with van der Waals surface area (Å²) in [5.74, 6) is 0.122. The molecular weight excluding hydrogens is 266 g/mol. The number of carboxylic acids is 1. The molecule has 0 aliphatic carbocycles. The second kappa shape index (κ2) is 5.95. The minimum Gasteiger partial charge on any atom is -0.478 e. The van der Waals surface area contributed by atoms with Crippen molar-refractivity contribution in [2.24, 2.45) is 0 Å². The Hall–Kier alpha value is -2.36. The molecule has 1 heterocycles. The number of carbonyl (C=O) groups is 1. The van der Waals surface area contributed by atoms with Crippen LogP contribution in [0.2, 0.25) is 0 Å². The second-order valence-corrected chi connectivity index (χ2v) is 5.50. The van der Waals surface area contributed by atoms with Gasteiger partial charge in [0.05, 0.1) is 5.56 Å². The van der Waals surface area contributed by atoms with Gasteiger partial charge in [0.25, 0.3) is 0 Å². The molecule has 0 fully saturated rings. The Balaban J connectivity index is 2.40. The lowest BCUT2D eigenvalue weighted by atomic mass is 10.1. The molecule has 0 atom stereocenters. The van der Waals surface area contributed by atoms with Crippen molar-refractivity contribution in [3.8, 4) is 11.6 Å². The number of rotatable bonds is 4. The quantitative estimate of drug-likeness (QED) is 0.909. The van der Waals surface area contributed by atoms with Crippen molar-refractivity contribution in [3.05, 3.63) is 52.7 Å². The number of nitrogens with zero attached hydrogens (tertiary/aromatic N) is 1. The smallest absolute Gasteiger partial charge is 0.335 e. The van der Waals surface area contributed by atoms with Crippen molar-refractivity contribution in [2.75, 3.05) is 0 Å².